The standard InChI is InChI=1S/C14H15NO3/c1-4-9-5-6-11-10(7-9)12(14(17)18)8(2)13(16)15(11)3/h5-7H,4H2,1-3H3,(H,17,18). The van der Waals surface area contributed by atoms with Crippen LogP contribution in [0.2, 0.25) is 0 Å². The van der Waals surface area contributed by atoms with E-state index in [1.165, 1.54) is 4.57 Å². The number of rotatable bonds is 2. The van der Waals surface area contributed by atoms with Gasteiger partial charge in [-0.3, -0.25) is 4.79 Å². The van der Waals surface area contributed by atoms with Crippen molar-refractivity contribution >= 4 is 16.9 Å². The second-order valence-corrected chi connectivity index (χ2v) is 4.37. The van der Waals surface area contributed by atoms with Crippen LogP contribution in [0.5, 0.6) is 0 Å². The molecule has 0 aliphatic heterocycles. The zero-order valence-corrected chi connectivity index (χ0v) is 10.7. The van der Waals surface area contributed by atoms with E-state index < -0.39 is 5.97 Å². The van der Waals surface area contributed by atoms with Crippen LogP contribution in [0.15, 0.2) is 23.0 Å². The van der Waals surface area contributed by atoms with Crippen molar-refractivity contribution < 1.29 is 9.90 Å². The van der Waals surface area contributed by atoms with Crippen LogP contribution in [0.4, 0.5) is 0 Å². The van der Waals surface area contributed by atoms with Crippen molar-refractivity contribution in [3.05, 3.63) is 45.2 Å². The van der Waals surface area contributed by atoms with Crippen LogP contribution < -0.4 is 5.56 Å². The number of aromatic nitrogens is 1. The SMILES string of the molecule is CCc1ccc2c(c1)c(C(=O)O)c(C)c(=O)n2C. The van der Waals surface area contributed by atoms with Crippen molar-refractivity contribution in [2.45, 2.75) is 20.3 Å². The minimum absolute atomic E-state index is 0.114. The molecule has 0 unspecified atom stereocenters. The van der Waals surface area contributed by atoms with E-state index >= 15 is 0 Å². The predicted octanol–water partition coefficient (Wildman–Crippen LogP) is 2.11. The number of carboxylic acids is 1. The van der Waals surface area contributed by atoms with Gasteiger partial charge in [-0.15, -0.1) is 0 Å². The fourth-order valence-electron chi connectivity index (χ4n) is 2.24. The number of carbonyl (C=O) groups is 1. The maximum Gasteiger partial charge on any atom is 0.336 e. The molecule has 1 aromatic heterocycles. The average Bonchev–Trinajstić information content (AvgIpc) is 2.35. The monoisotopic (exact) mass is 245 g/mol. The van der Waals surface area contributed by atoms with E-state index in [-0.39, 0.29) is 16.7 Å². The van der Waals surface area contributed by atoms with E-state index in [0.717, 1.165) is 12.0 Å². The van der Waals surface area contributed by atoms with E-state index in [1.807, 2.05) is 19.1 Å². The van der Waals surface area contributed by atoms with Gasteiger partial charge in [0.05, 0.1) is 11.1 Å². The van der Waals surface area contributed by atoms with E-state index in [0.29, 0.717) is 10.9 Å². The summed E-state index contributed by atoms with van der Waals surface area (Å²) in [6.07, 6.45) is 0.830. The molecule has 0 aliphatic carbocycles. The number of benzene rings is 1. The molecule has 0 aliphatic rings. The van der Waals surface area contributed by atoms with Gasteiger partial charge in [0.25, 0.3) is 5.56 Å². The molecule has 0 spiro atoms. The Labute approximate surface area is 104 Å². The van der Waals surface area contributed by atoms with Crippen LogP contribution in [-0.4, -0.2) is 15.6 Å². The topological polar surface area (TPSA) is 59.3 Å². The lowest BCUT2D eigenvalue weighted by Crippen LogP contribution is -2.23. The summed E-state index contributed by atoms with van der Waals surface area (Å²) in [5.41, 5.74) is 1.85. The molecule has 4 nitrogen and oxygen atoms in total. The zero-order chi connectivity index (χ0) is 13.4. The molecular formula is C14H15NO3. The Kier molecular flexibility index (Phi) is 2.95. The zero-order valence-electron chi connectivity index (χ0n) is 10.7. The summed E-state index contributed by atoms with van der Waals surface area (Å²) >= 11 is 0. The van der Waals surface area contributed by atoms with Gasteiger partial charge in [0.15, 0.2) is 0 Å². The van der Waals surface area contributed by atoms with Crippen LogP contribution in [0.3, 0.4) is 0 Å². The third-order valence-electron chi connectivity index (χ3n) is 3.31. The Bertz CT molecular complexity index is 698. The molecule has 2 rings (SSSR count). The molecule has 1 heterocycles. The molecule has 0 saturated carbocycles. The van der Waals surface area contributed by atoms with Crippen LogP contribution in [0.1, 0.15) is 28.4 Å². The number of hydrogen-bond acceptors (Lipinski definition) is 2. The molecule has 18 heavy (non-hydrogen) atoms. The number of nitrogens with zero attached hydrogens (tertiary/aromatic N) is 1. The normalized spacial score (nSPS) is 10.8. The van der Waals surface area contributed by atoms with Crippen molar-refractivity contribution in [2.24, 2.45) is 7.05 Å². The molecule has 1 aromatic carbocycles. The Morgan fingerprint density at radius 2 is 2.06 bits per heavy atom. The van der Waals surface area contributed by atoms with Crippen molar-refractivity contribution in [2.75, 3.05) is 0 Å². The van der Waals surface area contributed by atoms with Gasteiger partial charge in [-0.05, 0) is 31.0 Å². The third kappa shape index (κ3) is 1.70. The van der Waals surface area contributed by atoms with Crippen LogP contribution in [0.25, 0.3) is 10.9 Å². The van der Waals surface area contributed by atoms with Crippen molar-refractivity contribution in [3.63, 3.8) is 0 Å². The quantitative estimate of drug-likeness (QED) is 0.881. The molecule has 0 radical (unpaired) electrons. The fourth-order valence-corrected chi connectivity index (χ4v) is 2.24. The highest BCUT2D eigenvalue weighted by Crippen LogP contribution is 2.21. The first-order chi connectivity index (χ1) is 8.47. The first-order valence-corrected chi connectivity index (χ1v) is 5.82. The van der Waals surface area contributed by atoms with Gasteiger partial charge in [0, 0.05) is 18.0 Å². The molecule has 1 N–H and O–H groups in total. The Hall–Kier alpha value is -2.10. The molecule has 0 bridgehead atoms. The Morgan fingerprint density at radius 1 is 1.39 bits per heavy atom. The summed E-state index contributed by atoms with van der Waals surface area (Å²) in [7, 11) is 1.66. The van der Waals surface area contributed by atoms with Crippen molar-refractivity contribution in [1.82, 2.24) is 4.57 Å². The van der Waals surface area contributed by atoms with Crippen LogP contribution in [0, 0.1) is 6.92 Å². The maximum atomic E-state index is 12.0. The summed E-state index contributed by atoms with van der Waals surface area (Å²) < 4.78 is 1.50. The molecular weight excluding hydrogens is 230 g/mol. The van der Waals surface area contributed by atoms with Crippen molar-refractivity contribution in [3.8, 4) is 0 Å². The molecule has 4 heteroatoms. The third-order valence-corrected chi connectivity index (χ3v) is 3.31. The molecule has 0 amide bonds. The smallest absolute Gasteiger partial charge is 0.336 e. The minimum atomic E-state index is -1.05. The molecule has 0 atom stereocenters. The first-order valence-electron chi connectivity index (χ1n) is 5.82. The summed E-state index contributed by atoms with van der Waals surface area (Å²) in [6.45, 7) is 3.57. The van der Waals surface area contributed by atoms with Gasteiger partial charge in [-0.25, -0.2) is 4.79 Å². The van der Waals surface area contributed by atoms with Crippen molar-refractivity contribution in [1.29, 1.82) is 0 Å². The summed E-state index contributed by atoms with van der Waals surface area (Å²) in [4.78, 5) is 23.3. The lowest BCUT2D eigenvalue weighted by Gasteiger charge is -2.11. The number of carboxylic acid groups (broad SMARTS) is 1. The highest BCUT2D eigenvalue weighted by atomic mass is 16.4. The summed E-state index contributed by atoms with van der Waals surface area (Å²) in [5.74, 6) is -1.05. The van der Waals surface area contributed by atoms with Crippen LogP contribution >= 0.6 is 0 Å². The number of aryl methyl sites for hydroxylation is 2. The highest BCUT2D eigenvalue weighted by molar-refractivity contribution is 6.04. The lowest BCUT2D eigenvalue weighted by molar-refractivity contribution is 0.0698. The van der Waals surface area contributed by atoms with E-state index in [9.17, 15) is 14.7 Å². The van der Waals surface area contributed by atoms with Gasteiger partial charge in [-0.1, -0.05) is 13.0 Å². The van der Waals surface area contributed by atoms with Gasteiger partial charge in [-0.2, -0.15) is 0 Å². The molecule has 0 saturated heterocycles. The van der Waals surface area contributed by atoms with Gasteiger partial charge < -0.3 is 9.67 Å². The average molecular weight is 245 g/mol. The van der Waals surface area contributed by atoms with Gasteiger partial charge in [0.1, 0.15) is 0 Å². The molecule has 2 aromatic rings. The second kappa shape index (κ2) is 4.29. The minimum Gasteiger partial charge on any atom is -0.478 e. The Morgan fingerprint density at radius 3 is 2.61 bits per heavy atom. The van der Waals surface area contributed by atoms with Crippen LogP contribution in [-0.2, 0) is 13.5 Å². The Balaban J connectivity index is 3.03. The van der Waals surface area contributed by atoms with E-state index in [2.05, 4.69) is 0 Å². The number of fused-ring (bicyclic) bond motifs is 1. The van der Waals surface area contributed by atoms with Gasteiger partial charge in [0.2, 0.25) is 0 Å². The first kappa shape index (κ1) is 12.4. The van der Waals surface area contributed by atoms with E-state index in [1.54, 1.807) is 20.0 Å². The largest absolute Gasteiger partial charge is 0.478 e. The predicted molar refractivity (Wildman–Crippen MR) is 70.3 cm³/mol. The lowest BCUT2D eigenvalue weighted by atomic mass is 10.0. The highest BCUT2D eigenvalue weighted by Gasteiger charge is 2.17. The molecule has 94 valence electrons. The fraction of sp³-hybridized carbons (Fsp3) is 0.286. The maximum absolute atomic E-state index is 12.0. The number of hydrogen-bond donors (Lipinski definition) is 1. The second-order valence-electron chi connectivity index (χ2n) is 4.37. The number of aromatic carboxylic acids is 1. The molecule has 0 fully saturated rings. The number of pyridine rings is 1. The van der Waals surface area contributed by atoms with Gasteiger partial charge >= 0.3 is 5.97 Å². The summed E-state index contributed by atoms with van der Waals surface area (Å²) in [6, 6.07) is 5.58. The summed E-state index contributed by atoms with van der Waals surface area (Å²) in [5, 5.41) is 9.92. The van der Waals surface area contributed by atoms with E-state index in [4.69, 9.17) is 0 Å².